The van der Waals surface area contributed by atoms with Gasteiger partial charge in [0.15, 0.2) is 0 Å². The van der Waals surface area contributed by atoms with E-state index in [0.29, 0.717) is 6.54 Å². The van der Waals surface area contributed by atoms with Crippen LogP contribution in [0.3, 0.4) is 0 Å². The SMILES string of the molecule is C[C@@H]1CNCCN1C(=O)Cn1cccn1. The summed E-state index contributed by atoms with van der Waals surface area (Å²) in [4.78, 5) is 13.8. The van der Waals surface area contributed by atoms with E-state index in [9.17, 15) is 4.79 Å². The number of hydrogen-bond acceptors (Lipinski definition) is 3. The summed E-state index contributed by atoms with van der Waals surface area (Å²) in [5.41, 5.74) is 0. The Morgan fingerprint density at radius 1 is 1.67 bits per heavy atom. The second-order valence-electron chi connectivity index (χ2n) is 3.84. The van der Waals surface area contributed by atoms with E-state index in [1.54, 1.807) is 10.9 Å². The molecule has 0 spiro atoms. The Balaban J connectivity index is 1.95. The summed E-state index contributed by atoms with van der Waals surface area (Å²) in [6, 6.07) is 2.11. The molecule has 2 rings (SSSR count). The summed E-state index contributed by atoms with van der Waals surface area (Å²) in [6.07, 6.45) is 3.50. The maximum absolute atomic E-state index is 11.9. The lowest BCUT2D eigenvalue weighted by molar-refractivity contribution is -0.134. The van der Waals surface area contributed by atoms with Gasteiger partial charge in [-0.3, -0.25) is 9.48 Å². The van der Waals surface area contributed by atoms with Crippen molar-refractivity contribution in [3.05, 3.63) is 18.5 Å². The number of aromatic nitrogens is 2. The molecule has 1 aliphatic heterocycles. The molecule has 0 aliphatic carbocycles. The highest BCUT2D eigenvalue weighted by molar-refractivity contribution is 5.76. The Morgan fingerprint density at radius 3 is 3.20 bits per heavy atom. The molecule has 0 radical (unpaired) electrons. The van der Waals surface area contributed by atoms with Gasteiger partial charge in [-0.05, 0) is 13.0 Å². The number of nitrogens with zero attached hydrogens (tertiary/aromatic N) is 3. The molecule has 5 heteroatoms. The van der Waals surface area contributed by atoms with Gasteiger partial charge >= 0.3 is 0 Å². The van der Waals surface area contributed by atoms with Crippen LogP contribution in [0.5, 0.6) is 0 Å². The summed E-state index contributed by atoms with van der Waals surface area (Å²) in [5, 5.41) is 7.29. The largest absolute Gasteiger partial charge is 0.336 e. The van der Waals surface area contributed by atoms with Gasteiger partial charge in [-0.25, -0.2) is 0 Å². The van der Waals surface area contributed by atoms with Crippen LogP contribution < -0.4 is 5.32 Å². The molecule has 1 aliphatic rings. The Bertz CT molecular complexity index is 322. The second kappa shape index (κ2) is 4.44. The standard InChI is InChI=1S/C10H16N4O/c1-9-7-11-4-6-14(9)10(15)8-13-5-2-3-12-13/h2-3,5,9,11H,4,6-8H2,1H3/t9-/m1/s1. The number of nitrogens with one attached hydrogen (secondary N) is 1. The Morgan fingerprint density at radius 2 is 2.53 bits per heavy atom. The monoisotopic (exact) mass is 208 g/mol. The molecule has 1 aromatic heterocycles. The number of carbonyl (C=O) groups is 1. The van der Waals surface area contributed by atoms with E-state index in [1.165, 1.54) is 0 Å². The predicted molar refractivity (Wildman–Crippen MR) is 56.3 cm³/mol. The third kappa shape index (κ3) is 2.36. The zero-order valence-corrected chi connectivity index (χ0v) is 8.89. The number of rotatable bonds is 2. The molecule has 1 N–H and O–H groups in total. The summed E-state index contributed by atoms with van der Waals surface area (Å²) in [7, 11) is 0. The van der Waals surface area contributed by atoms with Crippen molar-refractivity contribution >= 4 is 5.91 Å². The van der Waals surface area contributed by atoms with E-state index in [0.717, 1.165) is 19.6 Å². The molecule has 5 nitrogen and oxygen atoms in total. The predicted octanol–water partition coefficient (Wildman–Crippen LogP) is -0.297. The summed E-state index contributed by atoms with van der Waals surface area (Å²) < 4.78 is 1.66. The molecule has 1 atom stereocenters. The maximum atomic E-state index is 11.9. The van der Waals surface area contributed by atoms with Crippen LogP contribution in [0.25, 0.3) is 0 Å². The van der Waals surface area contributed by atoms with Crippen molar-refractivity contribution in [3.63, 3.8) is 0 Å². The van der Waals surface area contributed by atoms with Crippen molar-refractivity contribution in [3.8, 4) is 0 Å². The van der Waals surface area contributed by atoms with Gasteiger partial charge in [-0.2, -0.15) is 5.10 Å². The molecule has 82 valence electrons. The molecule has 0 unspecified atom stereocenters. The normalized spacial score (nSPS) is 21.7. The Kier molecular flexibility index (Phi) is 3.01. The zero-order chi connectivity index (χ0) is 10.7. The fourth-order valence-corrected chi connectivity index (χ4v) is 1.83. The van der Waals surface area contributed by atoms with Gasteiger partial charge in [0, 0.05) is 38.1 Å². The molecule has 1 aromatic rings. The van der Waals surface area contributed by atoms with Crippen LogP contribution in [-0.2, 0) is 11.3 Å². The molecule has 1 fully saturated rings. The fraction of sp³-hybridized carbons (Fsp3) is 0.600. The number of carbonyl (C=O) groups excluding carboxylic acids is 1. The summed E-state index contributed by atoms with van der Waals surface area (Å²) >= 11 is 0. The first-order chi connectivity index (χ1) is 7.27. The minimum absolute atomic E-state index is 0.146. The Hall–Kier alpha value is -1.36. The van der Waals surface area contributed by atoms with Crippen molar-refractivity contribution in [2.24, 2.45) is 0 Å². The van der Waals surface area contributed by atoms with Crippen LogP contribution in [-0.4, -0.2) is 46.3 Å². The van der Waals surface area contributed by atoms with E-state index in [4.69, 9.17) is 0 Å². The van der Waals surface area contributed by atoms with Crippen molar-refractivity contribution < 1.29 is 4.79 Å². The third-order valence-corrected chi connectivity index (χ3v) is 2.68. The minimum Gasteiger partial charge on any atom is -0.336 e. The molecule has 0 saturated carbocycles. The smallest absolute Gasteiger partial charge is 0.244 e. The molecule has 2 heterocycles. The molecule has 0 bridgehead atoms. The lowest BCUT2D eigenvalue weighted by Crippen LogP contribution is -2.53. The van der Waals surface area contributed by atoms with Crippen LogP contribution in [0.2, 0.25) is 0 Å². The Labute approximate surface area is 89.1 Å². The summed E-state index contributed by atoms with van der Waals surface area (Å²) in [6.45, 7) is 4.96. The highest BCUT2D eigenvalue weighted by atomic mass is 16.2. The lowest BCUT2D eigenvalue weighted by atomic mass is 10.2. The van der Waals surface area contributed by atoms with Gasteiger partial charge in [0.05, 0.1) is 0 Å². The van der Waals surface area contributed by atoms with E-state index in [2.05, 4.69) is 17.3 Å². The van der Waals surface area contributed by atoms with Crippen LogP contribution >= 0.6 is 0 Å². The highest BCUT2D eigenvalue weighted by Crippen LogP contribution is 2.03. The number of hydrogen-bond donors (Lipinski definition) is 1. The van der Waals surface area contributed by atoms with Crippen LogP contribution in [0.1, 0.15) is 6.92 Å². The first-order valence-corrected chi connectivity index (χ1v) is 5.25. The second-order valence-corrected chi connectivity index (χ2v) is 3.84. The molecule has 0 aromatic carbocycles. The van der Waals surface area contributed by atoms with Crippen LogP contribution in [0.4, 0.5) is 0 Å². The summed E-state index contributed by atoms with van der Waals surface area (Å²) in [5.74, 6) is 0.146. The van der Waals surface area contributed by atoms with Gasteiger partial charge < -0.3 is 10.2 Å². The van der Waals surface area contributed by atoms with Crippen molar-refractivity contribution in [1.29, 1.82) is 0 Å². The number of piperazine rings is 1. The van der Waals surface area contributed by atoms with Gasteiger partial charge in [-0.15, -0.1) is 0 Å². The van der Waals surface area contributed by atoms with Crippen LogP contribution in [0.15, 0.2) is 18.5 Å². The van der Waals surface area contributed by atoms with E-state index in [-0.39, 0.29) is 11.9 Å². The molecular formula is C10H16N4O. The van der Waals surface area contributed by atoms with Crippen molar-refractivity contribution in [2.75, 3.05) is 19.6 Å². The van der Waals surface area contributed by atoms with E-state index in [1.807, 2.05) is 17.2 Å². The molecule has 1 amide bonds. The number of amides is 1. The third-order valence-electron chi connectivity index (χ3n) is 2.68. The van der Waals surface area contributed by atoms with Gasteiger partial charge in [0.25, 0.3) is 0 Å². The van der Waals surface area contributed by atoms with Gasteiger partial charge in [0.2, 0.25) is 5.91 Å². The molecule has 15 heavy (non-hydrogen) atoms. The average Bonchev–Trinajstić information content (AvgIpc) is 2.71. The maximum Gasteiger partial charge on any atom is 0.244 e. The van der Waals surface area contributed by atoms with Gasteiger partial charge in [0.1, 0.15) is 6.54 Å². The quantitative estimate of drug-likeness (QED) is 0.726. The van der Waals surface area contributed by atoms with E-state index >= 15 is 0 Å². The average molecular weight is 208 g/mol. The molecule has 1 saturated heterocycles. The minimum atomic E-state index is 0.146. The van der Waals surface area contributed by atoms with Crippen molar-refractivity contribution in [1.82, 2.24) is 20.0 Å². The topological polar surface area (TPSA) is 50.2 Å². The van der Waals surface area contributed by atoms with Crippen molar-refractivity contribution in [2.45, 2.75) is 19.5 Å². The van der Waals surface area contributed by atoms with Crippen LogP contribution in [0, 0.1) is 0 Å². The lowest BCUT2D eigenvalue weighted by Gasteiger charge is -2.33. The van der Waals surface area contributed by atoms with E-state index < -0.39 is 0 Å². The zero-order valence-electron chi connectivity index (χ0n) is 8.89. The van der Waals surface area contributed by atoms with Gasteiger partial charge in [-0.1, -0.05) is 0 Å². The first-order valence-electron chi connectivity index (χ1n) is 5.25. The first kappa shape index (κ1) is 10.2. The fourth-order valence-electron chi connectivity index (χ4n) is 1.83. The highest BCUT2D eigenvalue weighted by Gasteiger charge is 2.22. The molecular weight excluding hydrogens is 192 g/mol.